The SMILES string of the molecule is CCCCNc1cc(C(=O)O[C@@H](C)C(=O)O[C@@H](C)C(=O)O[C@@H](C)C(=O)O[C@@H](C)C(=O)OCC)cc(S(N)(=O)=O)c1OC. The quantitative estimate of drug-likeness (QED) is 0.152. The molecule has 16 heteroatoms. The zero-order valence-electron chi connectivity index (χ0n) is 24.6. The molecule has 4 atom stereocenters. The van der Waals surface area contributed by atoms with Crippen LogP contribution in [0.1, 0.15) is 64.7 Å². The van der Waals surface area contributed by atoms with Crippen LogP contribution in [0.3, 0.4) is 0 Å². The van der Waals surface area contributed by atoms with Crippen molar-refractivity contribution in [3.8, 4) is 5.75 Å². The number of esters is 5. The van der Waals surface area contributed by atoms with Crippen molar-refractivity contribution in [3.05, 3.63) is 17.7 Å². The first-order valence-electron chi connectivity index (χ1n) is 13.0. The number of benzene rings is 1. The van der Waals surface area contributed by atoms with E-state index in [1.807, 2.05) is 6.92 Å². The Balaban J connectivity index is 2.90. The molecule has 0 saturated carbocycles. The van der Waals surface area contributed by atoms with Gasteiger partial charge in [0.25, 0.3) is 0 Å². The number of hydrogen-bond donors (Lipinski definition) is 2. The number of unbranched alkanes of at least 4 members (excludes halogenated alkanes) is 1. The lowest BCUT2D eigenvalue weighted by Gasteiger charge is -2.20. The third-order valence-corrected chi connectivity index (χ3v) is 6.34. The third-order valence-electron chi connectivity index (χ3n) is 5.42. The minimum absolute atomic E-state index is 0.0793. The Morgan fingerprint density at radius 3 is 1.71 bits per heavy atom. The molecule has 236 valence electrons. The van der Waals surface area contributed by atoms with E-state index in [0.29, 0.717) is 6.54 Å². The lowest BCUT2D eigenvalue weighted by atomic mass is 10.1. The van der Waals surface area contributed by atoms with E-state index in [1.54, 1.807) is 6.92 Å². The highest BCUT2D eigenvalue weighted by Crippen LogP contribution is 2.34. The monoisotopic (exact) mass is 618 g/mol. The average molecular weight is 619 g/mol. The van der Waals surface area contributed by atoms with E-state index in [2.05, 4.69) is 5.32 Å². The molecule has 0 amide bonds. The first-order chi connectivity index (χ1) is 19.6. The van der Waals surface area contributed by atoms with Crippen molar-refractivity contribution in [3.63, 3.8) is 0 Å². The van der Waals surface area contributed by atoms with Crippen molar-refractivity contribution < 1.29 is 60.8 Å². The Labute approximate surface area is 244 Å². The standard InChI is InChI=1S/C26H38N2O13S/c1-8-10-11-28-19-12-18(13-20(21(19)36-7)42(27,34)35)26(33)41-17(6)25(32)40-16(5)24(31)39-15(4)23(30)38-14(3)22(29)37-9-2/h12-17,28H,8-11H2,1-7H3,(H2,27,34,35)/t14-,15-,16-,17-/m0/s1. The fraction of sp³-hybridized carbons (Fsp3) is 0.577. The van der Waals surface area contributed by atoms with Crippen LogP contribution in [0, 0.1) is 0 Å². The minimum Gasteiger partial charge on any atom is -0.493 e. The fourth-order valence-electron chi connectivity index (χ4n) is 3.16. The summed E-state index contributed by atoms with van der Waals surface area (Å²) in [5, 5.41) is 8.29. The molecule has 0 aliphatic carbocycles. The normalized spacial score (nSPS) is 13.9. The highest BCUT2D eigenvalue weighted by Gasteiger charge is 2.31. The lowest BCUT2D eigenvalue weighted by Crippen LogP contribution is -2.37. The Bertz CT molecular complexity index is 1250. The molecule has 42 heavy (non-hydrogen) atoms. The summed E-state index contributed by atoms with van der Waals surface area (Å²) in [6.45, 7) is 8.84. The van der Waals surface area contributed by atoms with Gasteiger partial charge in [-0.15, -0.1) is 0 Å². The van der Waals surface area contributed by atoms with Crippen molar-refractivity contribution in [2.45, 2.75) is 83.7 Å². The molecule has 0 aliphatic rings. The van der Waals surface area contributed by atoms with Gasteiger partial charge in [-0.2, -0.15) is 0 Å². The van der Waals surface area contributed by atoms with Gasteiger partial charge < -0.3 is 33.7 Å². The van der Waals surface area contributed by atoms with E-state index in [0.717, 1.165) is 25.8 Å². The van der Waals surface area contributed by atoms with Gasteiger partial charge in [-0.05, 0) is 53.2 Å². The second-order valence-electron chi connectivity index (χ2n) is 8.92. The molecule has 0 unspecified atom stereocenters. The van der Waals surface area contributed by atoms with Gasteiger partial charge in [-0.3, -0.25) is 0 Å². The number of methoxy groups -OCH3 is 1. The van der Waals surface area contributed by atoms with Gasteiger partial charge in [0.1, 0.15) is 4.90 Å². The predicted molar refractivity (Wildman–Crippen MR) is 146 cm³/mol. The van der Waals surface area contributed by atoms with Crippen LogP contribution in [0.25, 0.3) is 0 Å². The van der Waals surface area contributed by atoms with Crippen LogP contribution in [0.2, 0.25) is 0 Å². The number of primary sulfonamides is 1. The number of ether oxygens (including phenoxy) is 6. The fourth-order valence-corrected chi connectivity index (χ4v) is 3.91. The van der Waals surface area contributed by atoms with Crippen LogP contribution in [0.4, 0.5) is 5.69 Å². The summed E-state index contributed by atoms with van der Waals surface area (Å²) in [5.74, 6) is -5.26. The van der Waals surface area contributed by atoms with Crippen molar-refractivity contribution in [1.29, 1.82) is 0 Å². The van der Waals surface area contributed by atoms with Crippen molar-refractivity contribution in [1.82, 2.24) is 0 Å². The number of anilines is 1. The maximum atomic E-state index is 12.8. The topological polar surface area (TPSA) is 213 Å². The number of rotatable bonds is 16. The first kappa shape index (κ1) is 36.1. The molecular weight excluding hydrogens is 580 g/mol. The summed E-state index contributed by atoms with van der Waals surface area (Å²) in [7, 11) is -3.09. The molecule has 1 aromatic carbocycles. The number of hydrogen-bond acceptors (Lipinski definition) is 14. The van der Waals surface area contributed by atoms with Gasteiger partial charge in [0.15, 0.2) is 30.2 Å². The van der Waals surface area contributed by atoms with Crippen LogP contribution < -0.4 is 15.2 Å². The number of carbonyl (C=O) groups excluding carboxylic acids is 5. The smallest absolute Gasteiger partial charge is 0.348 e. The molecule has 0 fully saturated rings. The van der Waals surface area contributed by atoms with Crippen molar-refractivity contribution >= 4 is 45.6 Å². The highest BCUT2D eigenvalue weighted by molar-refractivity contribution is 7.89. The largest absolute Gasteiger partial charge is 0.493 e. The molecule has 0 aliphatic heterocycles. The summed E-state index contributed by atoms with van der Waals surface area (Å²) < 4.78 is 54.1. The molecule has 0 saturated heterocycles. The van der Waals surface area contributed by atoms with Gasteiger partial charge in [-0.25, -0.2) is 37.5 Å². The molecule has 0 aromatic heterocycles. The van der Waals surface area contributed by atoms with E-state index in [4.69, 9.17) is 33.6 Å². The van der Waals surface area contributed by atoms with Gasteiger partial charge in [0.05, 0.1) is 25.0 Å². The zero-order valence-corrected chi connectivity index (χ0v) is 25.4. The summed E-state index contributed by atoms with van der Waals surface area (Å²) in [5.41, 5.74) is -0.0874. The van der Waals surface area contributed by atoms with Gasteiger partial charge in [0.2, 0.25) is 10.0 Å². The van der Waals surface area contributed by atoms with E-state index >= 15 is 0 Å². The van der Waals surface area contributed by atoms with Gasteiger partial charge in [0, 0.05) is 6.54 Å². The molecule has 1 aromatic rings. The third kappa shape index (κ3) is 10.8. The van der Waals surface area contributed by atoms with Crippen molar-refractivity contribution in [2.24, 2.45) is 5.14 Å². The molecule has 1 rings (SSSR count). The maximum absolute atomic E-state index is 12.8. The van der Waals surface area contributed by atoms with Crippen LogP contribution in [0.15, 0.2) is 17.0 Å². The summed E-state index contributed by atoms with van der Waals surface area (Å²) in [6.07, 6.45) is -4.19. The first-order valence-corrected chi connectivity index (χ1v) is 14.6. The van der Waals surface area contributed by atoms with Crippen LogP contribution >= 0.6 is 0 Å². The Hall–Kier alpha value is -3.92. The zero-order chi connectivity index (χ0) is 32.2. The Morgan fingerprint density at radius 1 is 0.810 bits per heavy atom. The molecule has 15 nitrogen and oxygen atoms in total. The Morgan fingerprint density at radius 2 is 1.29 bits per heavy atom. The summed E-state index contributed by atoms with van der Waals surface area (Å²) in [4.78, 5) is 60.9. The summed E-state index contributed by atoms with van der Waals surface area (Å²) in [6, 6.07) is 2.23. The Kier molecular flexibility index (Phi) is 14.2. The van der Waals surface area contributed by atoms with E-state index in [1.165, 1.54) is 33.9 Å². The second-order valence-corrected chi connectivity index (χ2v) is 10.4. The molecule has 0 radical (unpaired) electrons. The molecule has 0 bridgehead atoms. The maximum Gasteiger partial charge on any atom is 0.348 e. The number of carbonyl (C=O) groups is 5. The highest BCUT2D eigenvalue weighted by atomic mass is 32.2. The predicted octanol–water partition coefficient (Wildman–Crippen LogP) is 1.46. The van der Waals surface area contributed by atoms with Crippen LogP contribution in [0.5, 0.6) is 5.75 Å². The lowest BCUT2D eigenvalue weighted by molar-refractivity contribution is -0.183. The molecular formula is C26H38N2O13S. The average Bonchev–Trinajstić information content (AvgIpc) is 2.91. The van der Waals surface area contributed by atoms with E-state index < -0.39 is 69.2 Å². The van der Waals surface area contributed by atoms with Crippen LogP contribution in [-0.4, -0.2) is 82.9 Å². The van der Waals surface area contributed by atoms with Gasteiger partial charge in [-0.1, -0.05) is 13.3 Å². The van der Waals surface area contributed by atoms with Crippen molar-refractivity contribution in [2.75, 3.05) is 25.6 Å². The number of nitrogens with one attached hydrogen (secondary N) is 1. The molecule has 0 spiro atoms. The van der Waals surface area contributed by atoms with E-state index in [9.17, 15) is 32.4 Å². The molecule has 0 heterocycles. The second kappa shape index (κ2) is 16.5. The minimum atomic E-state index is -4.33. The summed E-state index contributed by atoms with van der Waals surface area (Å²) >= 11 is 0. The molecule has 3 N–H and O–H groups in total. The number of sulfonamides is 1. The number of nitrogens with two attached hydrogens (primary N) is 1. The van der Waals surface area contributed by atoms with E-state index in [-0.39, 0.29) is 23.6 Å². The van der Waals surface area contributed by atoms with Gasteiger partial charge >= 0.3 is 29.8 Å². The van der Waals surface area contributed by atoms with Crippen LogP contribution in [-0.2, 0) is 52.9 Å².